The summed E-state index contributed by atoms with van der Waals surface area (Å²) in [4.78, 5) is 31.5. The van der Waals surface area contributed by atoms with Crippen LogP contribution in [0.4, 0.5) is 5.82 Å². The Labute approximate surface area is 162 Å². The smallest absolute Gasteiger partial charge is 0.352 e. The van der Waals surface area contributed by atoms with Gasteiger partial charge < -0.3 is 10.2 Å². The van der Waals surface area contributed by atoms with Crippen molar-refractivity contribution in [2.45, 2.75) is 32.9 Å². The number of piperidine rings is 1. The third kappa shape index (κ3) is 3.90. The highest BCUT2D eigenvalue weighted by Crippen LogP contribution is 2.21. The predicted molar refractivity (Wildman–Crippen MR) is 106 cm³/mol. The van der Waals surface area contributed by atoms with Gasteiger partial charge in [0.1, 0.15) is 12.4 Å². The molecular weight excluding hydrogens is 356 g/mol. The van der Waals surface area contributed by atoms with Crippen LogP contribution in [0.3, 0.4) is 0 Å². The van der Waals surface area contributed by atoms with Crippen LogP contribution in [0.15, 0.2) is 47.4 Å². The number of hydrogen-bond donors (Lipinski definition) is 1. The van der Waals surface area contributed by atoms with E-state index in [2.05, 4.69) is 27.2 Å². The van der Waals surface area contributed by atoms with E-state index in [4.69, 9.17) is 0 Å². The Hall–Kier alpha value is -3.16. The lowest BCUT2D eigenvalue weighted by molar-refractivity contribution is -0.122. The standard InChI is InChI=1S/C20H24N6O2/c1-15-6-5-10-24(13-15)17-9-11-25-19(22-17)23-26(20(25)28)14-18(27)21-12-16-7-3-2-4-8-16/h2-4,7-9,11,15H,5-6,10,12-14H2,1H3,(H,21,27). The number of carbonyl (C=O) groups excluding carboxylic acids is 1. The molecule has 1 aromatic carbocycles. The van der Waals surface area contributed by atoms with Crippen LogP contribution in [0.5, 0.6) is 0 Å². The largest absolute Gasteiger partial charge is 0.356 e. The zero-order chi connectivity index (χ0) is 19.5. The second-order valence-corrected chi connectivity index (χ2v) is 7.35. The van der Waals surface area contributed by atoms with Crippen LogP contribution < -0.4 is 15.9 Å². The number of aromatic nitrogens is 4. The number of carbonyl (C=O) groups is 1. The van der Waals surface area contributed by atoms with E-state index in [1.54, 1.807) is 6.20 Å². The van der Waals surface area contributed by atoms with E-state index in [0.29, 0.717) is 18.2 Å². The highest BCUT2D eigenvalue weighted by molar-refractivity contribution is 5.75. The predicted octanol–water partition coefficient (Wildman–Crippen LogP) is 1.44. The fourth-order valence-electron chi connectivity index (χ4n) is 3.56. The number of fused-ring (bicyclic) bond motifs is 1. The highest BCUT2D eigenvalue weighted by atomic mass is 16.2. The molecule has 3 aromatic rings. The number of rotatable bonds is 5. The van der Waals surface area contributed by atoms with Crippen LogP contribution in [0.25, 0.3) is 5.78 Å². The molecule has 8 heteroatoms. The third-order valence-corrected chi connectivity index (χ3v) is 5.05. The minimum atomic E-state index is -0.365. The molecule has 0 aliphatic carbocycles. The van der Waals surface area contributed by atoms with Crippen molar-refractivity contribution in [2.24, 2.45) is 5.92 Å². The van der Waals surface area contributed by atoms with Gasteiger partial charge in [-0.25, -0.2) is 13.9 Å². The first-order valence-electron chi connectivity index (χ1n) is 9.62. The van der Waals surface area contributed by atoms with Crippen LogP contribution in [0.1, 0.15) is 25.3 Å². The summed E-state index contributed by atoms with van der Waals surface area (Å²) in [5, 5.41) is 7.06. The molecule has 1 fully saturated rings. The third-order valence-electron chi connectivity index (χ3n) is 5.05. The van der Waals surface area contributed by atoms with Crippen LogP contribution >= 0.6 is 0 Å². The van der Waals surface area contributed by atoms with Gasteiger partial charge in [0, 0.05) is 25.8 Å². The van der Waals surface area contributed by atoms with Crippen molar-refractivity contribution < 1.29 is 4.79 Å². The Morgan fingerprint density at radius 2 is 2.07 bits per heavy atom. The SMILES string of the molecule is CC1CCCN(c2ccn3c(=O)n(CC(=O)NCc4ccccc4)nc3n2)C1. The molecule has 0 bridgehead atoms. The molecule has 3 heterocycles. The van der Waals surface area contributed by atoms with Crippen molar-refractivity contribution in [3.63, 3.8) is 0 Å². The Morgan fingerprint density at radius 1 is 1.25 bits per heavy atom. The second kappa shape index (κ2) is 7.84. The number of nitrogens with one attached hydrogen (secondary N) is 1. The molecule has 1 aliphatic rings. The lowest BCUT2D eigenvalue weighted by Gasteiger charge is -2.31. The van der Waals surface area contributed by atoms with E-state index >= 15 is 0 Å². The molecule has 2 aromatic heterocycles. The van der Waals surface area contributed by atoms with Gasteiger partial charge in [0.2, 0.25) is 5.91 Å². The van der Waals surface area contributed by atoms with Gasteiger partial charge in [-0.1, -0.05) is 37.3 Å². The molecule has 8 nitrogen and oxygen atoms in total. The molecule has 1 aliphatic heterocycles. The number of benzene rings is 1. The first-order chi connectivity index (χ1) is 13.6. The Bertz CT molecular complexity index is 1030. The van der Waals surface area contributed by atoms with Gasteiger partial charge in [-0.05, 0) is 30.4 Å². The summed E-state index contributed by atoms with van der Waals surface area (Å²) in [5.74, 6) is 1.50. The first-order valence-corrected chi connectivity index (χ1v) is 9.62. The maximum Gasteiger partial charge on any atom is 0.352 e. The molecule has 4 rings (SSSR count). The van der Waals surface area contributed by atoms with Gasteiger partial charge in [-0.15, -0.1) is 5.10 Å². The summed E-state index contributed by atoms with van der Waals surface area (Å²) in [5.41, 5.74) is 0.635. The Morgan fingerprint density at radius 3 is 2.86 bits per heavy atom. The molecule has 0 saturated carbocycles. The zero-order valence-corrected chi connectivity index (χ0v) is 15.9. The summed E-state index contributed by atoms with van der Waals surface area (Å²) in [6.07, 6.45) is 4.05. The van der Waals surface area contributed by atoms with Crippen molar-refractivity contribution in [1.82, 2.24) is 24.5 Å². The average molecular weight is 380 g/mol. The lowest BCUT2D eigenvalue weighted by atomic mass is 10.0. The molecular formula is C20H24N6O2. The monoisotopic (exact) mass is 380 g/mol. The summed E-state index contributed by atoms with van der Waals surface area (Å²) < 4.78 is 2.53. The quantitative estimate of drug-likeness (QED) is 0.724. The zero-order valence-electron chi connectivity index (χ0n) is 15.9. The summed E-state index contributed by atoms with van der Waals surface area (Å²) >= 11 is 0. The maximum atomic E-state index is 12.5. The van der Waals surface area contributed by atoms with Crippen LogP contribution in [-0.4, -0.2) is 38.2 Å². The molecule has 1 amide bonds. The van der Waals surface area contributed by atoms with E-state index in [1.165, 1.54) is 10.8 Å². The second-order valence-electron chi connectivity index (χ2n) is 7.35. The minimum absolute atomic E-state index is 0.134. The van der Waals surface area contributed by atoms with E-state index < -0.39 is 0 Å². The number of nitrogens with zero attached hydrogens (tertiary/aromatic N) is 5. The normalized spacial score (nSPS) is 17.0. The maximum absolute atomic E-state index is 12.5. The molecule has 1 atom stereocenters. The van der Waals surface area contributed by atoms with Gasteiger partial charge in [0.05, 0.1) is 0 Å². The first kappa shape index (κ1) is 18.2. The summed E-state index contributed by atoms with van der Waals surface area (Å²) in [6, 6.07) is 11.5. The van der Waals surface area contributed by atoms with Crippen molar-refractivity contribution in [2.75, 3.05) is 18.0 Å². The van der Waals surface area contributed by atoms with Gasteiger partial charge in [0.25, 0.3) is 5.78 Å². The van der Waals surface area contributed by atoms with E-state index in [-0.39, 0.29) is 18.1 Å². The minimum Gasteiger partial charge on any atom is -0.356 e. The lowest BCUT2D eigenvalue weighted by Crippen LogP contribution is -2.35. The molecule has 0 radical (unpaired) electrons. The van der Waals surface area contributed by atoms with Crippen molar-refractivity contribution in [1.29, 1.82) is 0 Å². The number of hydrogen-bond acceptors (Lipinski definition) is 5. The molecule has 0 spiro atoms. The molecule has 1 saturated heterocycles. The fourth-order valence-corrected chi connectivity index (χ4v) is 3.56. The van der Waals surface area contributed by atoms with Gasteiger partial charge in [-0.2, -0.15) is 4.98 Å². The van der Waals surface area contributed by atoms with Gasteiger partial charge in [-0.3, -0.25) is 4.79 Å². The van der Waals surface area contributed by atoms with Crippen molar-refractivity contribution in [3.8, 4) is 0 Å². The van der Waals surface area contributed by atoms with Crippen molar-refractivity contribution >= 4 is 17.5 Å². The molecule has 28 heavy (non-hydrogen) atoms. The highest BCUT2D eigenvalue weighted by Gasteiger charge is 2.19. The summed E-state index contributed by atoms with van der Waals surface area (Å²) in [6.45, 7) is 4.43. The van der Waals surface area contributed by atoms with Gasteiger partial charge in [0.15, 0.2) is 0 Å². The summed E-state index contributed by atoms with van der Waals surface area (Å²) in [7, 11) is 0. The molecule has 1 unspecified atom stereocenters. The fraction of sp³-hybridized carbons (Fsp3) is 0.400. The molecule has 1 N–H and O–H groups in total. The van der Waals surface area contributed by atoms with Crippen molar-refractivity contribution in [3.05, 3.63) is 58.6 Å². The number of amides is 1. The van der Waals surface area contributed by atoms with Crippen LogP contribution in [0, 0.1) is 5.92 Å². The topological polar surface area (TPSA) is 84.5 Å². The number of anilines is 1. The average Bonchev–Trinajstić information content (AvgIpc) is 3.02. The van der Waals surface area contributed by atoms with E-state index in [9.17, 15) is 9.59 Å². The van der Waals surface area contributed by atoms with E-state index in [1.807, 2.05) is 36.4 Å². The molecule has 146 valence electrons. The Kier molecular flexibility index (Phi) is 5.10. The van der Waals surface area contributed by atoms with Crippen LogP contribution in [-0.2, 0) is 17.9 Å². The van der Waals surface area contributed by atoms with Crippen LogP contribution in [0.2, 0.25) is 0 Å². The van der Waals surface area contributed by atoms with E-state index in [0.717, 1.165) is 35.6 Å². The van der Waals surface area contributed by atoms with Gasteiger partial charge >= 0.3 is 5.69 Å². The Balaban J connectivity index is 1.47.